The topological polar surface area (TPSA) is 218 Å². The van der Waals surface area contributed by atoms with Crippen LogP contribution in [0.1, 0.15) is 92.9 Å². The zero-order valence-electron chi connectivity index (χ0n) is 31.0. The smallest absolute Gasteiger partial charge is 0.107 e. The highest BCUT2D eigenvalue weighted by Crippen LogP contribution is 2.73. The van der Waals surface area contributed by atoms with Gasteiger partial charge in [0, 0.05) is 45.3 Å². The second-order valence-corrected chi connectivity index (χ2v) is 20.6. The van der Waals surface area contributed by atoms with Gasteiger partial charge >= 0.3 is 0 Å². The Morgan fingerprint density at radius 3 is 1.24 bits per heavy atom. The maximum Gasteiger partial charge on any atom is 0.107 e. The molecule has 0 aromatic carbocycles. The van der Waals surface area contributed by atoms with Gasteiger partial charge in [-0.2, -0.15) is 0 Å². The molecule has 288 valence electrons. The van der Waals surface area contributed by atoms with Crippen molar-refractivity contribution in [3.8, 4) is 0 Å². The van der Waals surface area contributed by atoms with Gasteiger partial charge in [0.15, 0.2) is 0 Å². The van der Waals surface area contributed by atoms with Gasteiger partial charge in [0.25, 0.3) is 0 Å². The van der Waals surface area contributed by atoms with Gasteiger partial charge in [-0.3, -0.25) is 0 Å². The lowest BCUT2D eigenvalue weighted by molar-refractivity contribution is -0.183. The summed E-state index contributed by atoms with van der Waals surface area (Å²) in [6.07, 6.45) is 1.15. The van der Waals surface area contributed by atoms with E-state index < -0.39 is 68.5 Å². The number of fused-ring (bicyclic) bond motifs is 8. The Kier molecular flexibility index (Phi) is 7.44. The molecule has 0 radical (unpaired) electrons. The highest BCUT2D eigenvalue weighted by molar-refractivity contribution is 5.38. The summed E-state index contributed by atoms with van der Waals surface area (Å²) in [7, 11) is 0. The van der Waals surface area contributed by atoms with Gasteiger partial charge in [-0.05, 0) is 77.0 Å². The minimum Gasteiger partial charge on any atom is -0.412 e. The van der Waals surface area contributed by atoms with E-state index in [0.717, 1.165) is 36.8 Å². The van der Waals surface area contributed by atoms with Gasteiger partial charge < -0.3 is 55.8 Å². The molecule has 10 rings (SSSR count). The lowest BCUT2D eigenvalue weighted by atomic mass is 9.61. The highest BCUT2D eigenvalue weighted by Gasteiger charge is 2.81. The third kappa shape index (κ3) is 3.98. The Morgan fingerprint density at radius 2 is 0.902 bits per heavy atom. The van der Waals surface area contributed by atoms with Crippen LogP contribution in [0.4, 0.5) is 0 Å². The van der Waals surface area contributed by atoms with E-state index >= 15 is 0 Å². The van der Waals surface area contributed by atoms with E-state index in [1.807, 2.05) is 27.7 Å². The van der Waals surface area contributed by atoms with Crippen LogP contribution in [0.3, 0.4) is 0 Å². The molecule has 0 aromatic heterocycles. The van der Waals surface area contributed by atoms with E-state index in [4.69, 9.17) is 9.47 Å². The van der Waals surface area contributed by atoms with Gasteiger partial charge in [-0.15, -0.1) is 0 Å². The summed E-state index contributed by atoms with van der Waals surface area (Å²) in [4.78, 5) is 0. The molecule has 20 atom stereocenters. The molecule has 10 fully saturated rings. The zero-order chi connectivity index (χ0) is 36.3. The maximum atomic E-state index is 11.7. The Labute approximate surface area is 301 Å². The molecule has 0 amide bonds. The third-order valence-electron chi connectivity index (χ3n) is 17.8. The fourth-order valence-electron chi connectivity index (χ4n) is 15.3. The van der Waals surface area contributed by atoms with Crippen LogP contribution in [-0.2, 0) is 9.47 Å². The number of hydrogen-bond acceptors (Lipinski definition) is 10. The number of hydrogen-bond donors (Lipinski definition) is 8. The van der Waals surface area contributed by atoms with Crippen molar-refractivity contribution in [2.24, 2.45) is 57.2 Å². The molecule has 11 heteroatoms. The van der Waals surface area contributed by atoms with Crippen molar-refractivity contribution < 1.29 is 55.8 Å². The first kappa shape index (κ1) is 37.0. The predicted octanol–water partition coefficient (Wildman–Crippen LogP) is 1.16. The summed E-state index contributed by atoms with van der Waals surface area (Å²) in [5.41, 5.74) is -5.01. The highest BCUT2D eigenvalue weighted by atomic mass is 16.6. The monoisotopic (exact) mass is 718 g/mol. The SMILES string of the molecule is C=C1[C@@H]2[C@@H]3O[C@@H]3C(C)(C)[C@@]2(O)[C@H](O)C[C@]23C[C@@](C)(O)[C@H](CC[C@@H]12)[C@H]3O.C=C1[C@@H]2[C@@H]3O[C@@H]3C(C)(C)[C@@]2(O)[C@H](O)C[C@]23C[C@@](C)(O)[C@H](CC[C@@H]12)[C@H]3O.O. The second kappa shape index (κ2) is 10.3. The molecule has 2 heterocycles. The average molecular weight is 719 g/mol. The molecule has 2 aliphatic heterocycles. The molecule has 0 aromatic rings. The van der Waals surface area contributed by atoms with Crippen molar-refractivity contribution in [1.82, 2.24) is 0 Å². The van der Waals surface area contributed by atoms with Crippen LogP contribution in [0, 0.1) is 57.2 Å². The quantitative estimate of drug-likeness (QED) is 0.132. The average Bonchev–Trinajstić information content (AvgIpc) is 3.90. The Hall–Kier alpha value is -0.960. The van der Waals surface area contributed by atoms with E-state index in [0.29, 0.717) is 25.7 Å². The number of rotatable bonds is 0. The first-order valence-corrected chi connectivity index (χ1v) is 19.3. The molecule has 51 heavy (non-hydrogen) atoms. The molecule has 2 saturated heterocycles. The predicted molar refractivity (Wildman–Crippen MR) is 185 cm³/mol. The minimum atomic E-state index is -1.30. The van der Waals surface area contributed by atoms with Crippen molar-refractivity contribution >= 4 is 0 Å². The van der Waals surface area contributed by atoms with Crippen molar-refractivity contribution in [2.75, 3.05) is 0 Å². The number of aliphatic hydroxyl groups excluding tert-OH is 4. The van der Waals surface area contributed by atoms with Crippen molar-refractivity contribution in [1.29, 1.82) is 0 Å². The lowest BCUT2D eigenvalue weighted by Crippen LogP contribution is -2.58. The fraction of sp³-hybridized carbons (Fsp3) is 0.900. The van der Waals surface area contributed by atoms with E-state index in [2.05, 4.69) is 13.2 Å². The Balaban J connectivity index is 0.000000144. The minimum absolute atomic E-state index is 0. The number of ether oxygens (including phenoxy) is 2. The van der Waals surface area contributed by atoms with Crippen LogP contribution in [0.25, 0.3) is 0 Å². The summed E-state index contributed by atoms with van der Waals surface area (Å²) in [6, 6.07) is 0. The second-order valence-electron chi connectivity index (χ2n) is 20.6. The molecule has 10 aliphatic rings. The van der Waals surface area contributed by atoms with Crippen molar-refractivity contribution in [3.63, 3.8) is 0 Å². The van der Waals surface area contributed by atoms with Crippen LogP contribution < -0.4 is 0 Å². The van der Waals surface area contributed by atoms with Gasteiger partial charge in [0.05, 0.1) is 60.0 Å². The molecule has 11 nitrogen and oxygen atoms in total. The van der Waals surface area contributed by atoms with Crippen LogP contribution in [0.5, 0.6) is 0 Å². The lowest BCUT2D eigenvalue weighted by Gasteiger charge is -2.46. The molecule has 10 N–H and O–H groups in total. The van der Waals surface area contributed by atoms with Gasteiger partial charge in [-0.25, -0.2) is 0 Å². The van der Waals surface area contributed by atoms with Crippen molar-refractivity contribution in [3.05, 3.63) is 24.3 Å². The summed E-state index contributed by atoms with van der Waals surface area (Å²) in [5, 5.41) is 89.9. The van der Waals surface area contributed by atoms with E-state index in [1.54, 1.807) is 13.8 Å². The molecular formula is C40H62O11. The van der Waals surface area contributed by atoms with E-state index in [-0.39, 0.29) is 65.4 Å². The Morgan fingerprint density at radius 1 is 0.569 bits per heavy atom. The van der Waals surface area contributed by atoms with Crippen molar-refractivity contribution in [2.45, 2.75) is 164 Å². The molecule has 8 aliphatic carbocycles. The van der Waals surface area contributed by atoms with E-state index in [9.17, 15) is 40.9 Å². The molecule has 0 unspecified atom stereocenters. The first-order chi connectivity index (χ1) is 23.0. The van der Waals surface area contributed by atoms with Gasteiger partial charge in [-0.1, -0.05) is 52.0 Å². The van der Waals surface area contributed by atoms with Crippen LogP contribution in [0.15, 0.2) is 24.3 Å². The fourth-order valence-corrected chi connectivity index (χ4v) is 15.3. The summed E-state index contributed by atoms with van der Waals surface area (Å²) < 4.78 is 11.7. The summed E-state index contributed by atoms with van der Waals surface area (Å²) in [6.45, 7) is 20.2. The third-order valence-corrected chi connectivity index (χ3v) is 17.8. The standard InChI is InChI=1S/2C20H30O5.H2O/c2*1-9-10-5-6-11-15(22)19(10,8-18(11,4)23)7-12(21)20(24)13(9)14-16(25-14)17(20,2)3;/h2*10-16,21-24H,1,5-8H2,2-4H3;1H2/t2*10-,11+,12+,13+,14-,15+,16-,18+,19-,20+;/m00./s1. The Bertz CT molecular complexity index is 1430. The molecular weight excluding hydrogens is 656 g/mol. The largest absolute Gasteiger partial charge is 0.412 e. The molecule has 4 bridgehead atoms. The molecule has 8 saturated carbocycles. The number of epoxide rings is 2. The van der Waals surface area contributed by atoms with Gasteiger partial charge in [0.1, 0.15) is 11.2 Å². The van der Waals surface area contributed by atoms with Crippen LogP contribution in [-0.4, -0.2) is 118 Å². The zero-order valence-corrected chi connectivity index (χ0v) is 31.0. The normalized spacial score (nSPS) is 63.0. The maximum absolute atomic E-state index is 11.7. The first-order valence-electron chi connectivity index (χ1n) is 19.3. The van der Waals surface area contributed by atoms with Crippen LogP contribution >= 0.6 is 0 Å². The number of aliphatic hydroxyl groups is 8. The molecule has 2 spiro atoms. The van der Waals surface area contributed by atoms with E-state index in [1.165, 1.54) is 0 Å². The summed E-state index contributed by atoms with van der Waals surface area (Å²) >= 11 is 0. The van der Waals surface area contributed by atoms with Crippen LogP contribution in [0.2, 0.25) is 0 Å². The summed E-state index contributed by atoms with van der Waals surface area (Å²) in [5.74, 6) is -0.953. The van der Waals surface area contributed by atoms with Gasteiger partial charge in [0.2, 0.25) is 0 Å².